The molecule has 4 aromatic heterocycles. The number of amides is 2. The summed E-state index contributed by atoms with van der Waals surface area (Å²) >= 11 is 0. The fourth-order valence-electron chi connectivity index (χ4n) is 6.91. The highest BCUT2D eigenvalue weighted by Crippen LogP contribution is 2.71. The lowest BCUT2D eigenvalue weighted by Crippen LogP contribution is -2.35. The van der Waals surface area contributed by atoms with E-state index in [-0.39, 0.29) is 47.1 Å². The van der Waals surface area contributed by atoms with Gasteiger partial charge < -0.3 is 15.2 Å². The predicted octanol–water partition coefficient (Wildman–Crippen LogP) is 6.37. The molecule has 290 valence electrons. The summed E-state index contributed by atoms with van der Waals surface area (Å²) in [7, 11) is 0. The molecule has 2 aliphatic carbocycles. The standard InChI is InChI=1S/C38H32F6N8O4/c1-5-56-36(54)47-35-49-48-26-9-6-20(16-51(26)35)24-8-7-23(10-11-37(3,4)55)45-31(24)25(14-19-12-21(39)15-22(40)13-19)46-27(53)17-52-33-29(32(50-52)34(41)42)28-18(2)30(28)38(33,43)44/h6-9,12-13,15-16,25,28,30,34,55H,2,5,14,17H2,1,3-4H3,(H,46,53)(H,47,49,54)/t25-,28+,30+/m0/s1. The maximum absolute atomic E-state index is 15.5. The van der Waals surface area contributed by atoms with Gasteiger partial charge in [0.1, 0.15) is 40.9 Å². The molecule has 1 aromatic carbocycles. The summed E-state index contributed by atoms with van der Waals surface area (Å²) in [6.07, 6.45) is -2.77. The molecule has 0 spiro atoms. The first kappa shape index (κ1) is 38.1. The topological polar surface area (TPSA) is 149 Å². The van der Waals surface area contributed by atoms with Crippen LogP contribution in [0.4, 0.5) is 37.1 Å². The second-order valence-corrected chi connectivity index (χ2v) is 13.8. The summed E-state index contributed by atoms with van der Waals surface area (Å²) in [5, 5.41) is 27.2. The molecule has 2 aliphatic rings. The van der Waals surface area contributed by atoms with Crippen LogP contribution < -0.4 is 10.6 Å². The molecule has 2 amide bonds. The van der Waals surface area contributed by atoms with Crippen LogP contribution in [0.15, 0.2) is 60.8 Å². The van der Waals surface area contributed by atoms with Gasteiger partial charge in [-0.15, -0.1) is 10.2 Å². The maximum Gasteiger partial charge on any atom is 0.414 e. The van der Waals surface area contributed by atoms with Crippen LogP contribution in [0.5, 0.6) is 0 Å². The molecule has 3 atom stereocenters. The van der Waals surface area contributed by atoms with Crippen LogP contribution in [0.3, 0.4) is 0 Å². The van der Waals surface area contributed by atoms with Crippen LogP contribution in [0, 0.1) is 29.4 Å². The molecular formula is C38H32F6N8O4. The minimum Gasteiger partial charge on any atom is -0.450 e. The Bertz CT molecular complexity index is 2460. The molecule has 0 aliphatic heterocycles. The van der Waals surface area contributed by atoms with E-state index in [9.17, 15) is 32.3 Å². The minimum absolute atomic E-state index is 0.00417. The zero-order chi connectivity index (χ0) is 40.3. The number of aliphatic hydroxyl groups is 1. The quantitative estimate of drug-likeness (QED) is 0.0842. The van der Waals surface area contributed by atoms with E-state index in [1.165, 1.54) is 24.3 Å². The third-order valence-corrected chi connectivity index (χ3v) is 9.21. The van der Waals surface area contributed by atoms with Crippen molar-refractivity contribution >= 4 is 23.6 Å². The zero-order valence-electron chi connectivity index (χ0n) is 29.9. The SMILES string of the molecule is C=C1[C@@H]2c3c(C(F)F)nn(CC(=O)N[C@@H](Cc4cc(F)cc(F)c4)c4nc(C#CC(C)(C)O)ccc4-c4ccc5nnc(NC(=O)OCC)n5c4)c3C(F)(F)[C@H]12. The summed E-state index contributed by atoms with van der Waals surface area (Å²) in [5.74, 6) is -3.41. The normalized spacial score (nSPS) is 17.2. The van der Waals surface area contributed by atoms with Gasteiger partial charge in [-0.1, -0.05) is 18.1 Å². The molecular weight excluding hydrogens is 746 g/mol. The average molecular weight is 779 g/mol. The van der Waals surface area contributed by atoms with Crippen molar-refractivity contribution in [2.24, 2.45) is 5.92 Å². The predicted molar refractivity (Wildman–Crippen MR) is 187 cm³/mol. The van der Waals surface area contributed by atoms with Gasteiger partial charge in [-0.2, -0.15) is 13.9 Å². The maximum atomic E-state index is 15.5. The third kappa shape index (κ3) is 7.29. The first-order valence-electron chi connectivity index (χ1n) is 17.2. The van der Waals surface area contributed by atoms with E-state index in [1.807, 2.05) is 0 Å². The Labute approximate surface area is 314 Å². The summed E-state index contributed by atoms with van der Waals surface area (Å²) < 4.78 is 95.1. The number of nitrogens with zero attached hydrogens (tertiary/aromatic N) is 6. The summed E-state index contributed by atoms with van der Waals surface area (Å²) in [5.41, 5.74) is -2.06. The van der Waals surface area contributed by atoms with Crippen LogP contribution in [0.25, 0.3) is 16.8 Å². The highest BCUT2D eigenvalue weighted by Gasteiger charge is 2.70. The molecule has 0 unspecified atom stereocenters. The number of alkyl halides is 4. The van der Waals surface area contributed by atoms with Gasteiger partial charge in [0, 0.05) is 34.9 Å². The first-order valence-corrected chi connectivity index (χ1v) is 17.2. The fourth-order valence-corrected chi connectivity index (χ4v) is 6.91. The summed E-state index contributed by atoms with van der Waals surface area (Å²) in [6.45, 7) is 7.26. The van der Waals surface area contributed by atoms with Gasteiger partial charge in [-0.25, -0.2) is 27.3 Å². The van der Waals surface area contributed by atoms with Crippen molar-refractivity contribution in [3.8, 4) is 23.0 Å². The van der Waals surface area contributed by atoms with E-state index in [2.05, 4.69) is 49.3 Å². The number of ether oxygens (including phenoxy) is 1. The van der Waals surface area contributed by atoms with Crippen molar-refractivity contribution in [2.45, 2.75) is 63.6 Å². The Hall–Kier alpha value is -6.22. The van der Waals surface area contributed by atoms with Crippen molar-refractivity contribution in [1.82, 2.24) is 34.7 Å². The largest absolute Gasteiger partial charge is 0.450 e. The Kier molecular flexibility index (Phi) is 9.60. The van der Waals surface area contributed by atoms with Crippen LogP contribution >= 0.6 is 0 Å². The van der Waals surface area contributed by atoms with E-state index >= 15 is 8.78 Å². The van der Waals surface area contributed by atoms with Gasteiger partial charge in [0.25, 0.3) is 12.3 Å². The molecule has 12 nitrogen and oxygen atoms in total. The van der Waals surface area contributed by atoms with Crippen LogP contribution in [-0.4, -0.2) is 58.7 Å². The second-order valence-electron chi connectivity index (χ2n) is 13.8. The molecule has 5 aromatic rings. The molecule has 7 rings (SSSR count). The number of fused-ring (bicyclic) bond motifs is 4. The number of pyridine rings is 2. The number of aromatic nitrogens is 6. The Morgan fingerprint density at radius 3 is 2.50 bits per heavy atom. The number of allylic oxidation sites excluding steroid dienone is 1. The van der Waals surface area contributed by atoms with Gasteiger partial charge in [0.15, 0.2) is 5.65 Å². The number of halogens is 6. The number of carbonyl (C=O) groups is 2. The van der Waals surface area contributed by atoms with Crippen molar-refractivity contribution in [1.29, 1.82) is 0 Å². The number of hydrogen-bond donors (Lipinski definition) is 3. The molecule has 1 fully saturated rings. The molecule has 3 N–H and O–H groups in total. The van der Waals surface area contributed by atoms with Gasteiger partial charge in [-0.05, 0) is 75.1 Å². The van der Waals surface area contributed by atoms with E-state index in [1.54, 1.807) is 31.3 Å². The second kappa shape index (κ2) is 14.1. The van der Waals surface area contributed by atoms with Crippen LogP contribution in [0.2, 0.25) is 0 Å². The Morgan fingerprint density at radius 2 is 1.82 bits per heavy atom. The number of anilines is 1. The molecule has 56 heavy (non-hydrogen) atoms. The fraction of sp³-hybridized carbons (Fsp3) is 0.316. The zero-order valence-corrected chi connectivity index (χ0v) is 29.9. The van der Waals surface area contributed by atoms with Crippen molar-refractivity contribution in [2.75, 3.05) is 11.9 Å². The van der Waals surface area contributed by atoms with Gasteiger partial charge in [0.2, 0.25) is 11.9 Å². The summed E-state index contributed by atoms with van der Waals surface area (Å²) in [4.78, 5) is 30.8. The monoisotopic (exact) mass is 778 g/mol. The molecule has 4 heterocycles. The molecule has 0 radical (unpaired) electrons. The number of nitrogens with one attached hydrogen (secondary N) is 2. The van der Waals surface area contributed by atoms with E-state index in [4.69, 9.17) is 4.74 Å². The summed E-state index contributed by atoms with van der Waals surface area (Å²) in [6, 6.07) is 7.75. The number of benzene rings is 1. The lowest BCUT2D eigenvalue weighted by molar-refractivity contribution is -0.122. The molecule has 0 saturated heterocycles. The molecule has 1 saturated carbocycles. The lowest BCUT2D eigenvalue weighted by atomic mass is 9.95. The van der Waals surface area contributed by atoms with Gasteiger partial charge in [0.05, 0.1) is 24.3 Å². The van der Waals surface area contributed by atoms with E-state index < -0.39 is 77.4 Å². The average Bonchev–Trinajstić information content (AvgIpc) is 3.34. The van der Waals surface area contributed by atoms with Crippen molar-refractivity contribution < 1.29 is 45.8 Å². The lowest BCUT2D eigenvalue weighted by Gasteiger charge is -2.23. The Balaban J connectivity index is 1.33. The van der Waals surface area contributed by atoms with E-state index in [0.717, 1.165) is 12.1 Å². The molecule has 18 heteroatoms. The Morgan fingerprint density at radius 1 is 1.09 bits per heavy atom. The number of rotatable bonds is 10. The highest BCUT2D eigenvalue weighted by molar-refractivity contribution is 5.83. The number of carbonyl (C=O) groups excluding carboxylic acids is 2. The smallest absolute Gasteiger partial charge is 0.414 e. The van der Waals surface area contributed by atoms with Crippen LogP contribution in [-0.2, 0) is 28.4 Å². The molecule has 0 bridgehead atoms. The minimum atomic E-state index is -3.61. The van der Waals surface area contributed by atoms with Gasteiger partial charge >= 0.3 is 6.09 Å². The van der Waals surface area contributed by atoms with Crippen LogP contribution in [0.1, 0.15) is 73.1 Å². The third-order valence-electron chi connectivity index (χ3n) is 9.21. The number of hydrogen-bond acceptors (Lipinski definition) is 8. The van der Waals surface area contributed by atoms with Gasteiger partial charge in [-0.3, -0.25) is 19.2 Å². The highest BCUT2D eigenvalue weighted by atomic mass is 19.3. The first-order chi connectivity index (χ1) is 26.4. The van der Waals surface area contributed by atoms with E-state index in [0.29, 0.717) is 27.5 Å². The van der Waals surface area contributed by atoms with Crippen molar-refractivity contribution in [3.05, 3.63) is 106 Å². The van der Waals surface area contributed by atoms with Crippen molar-refractivity contribution in [3.63, 3.8) is 0 Å².